The van der Waals surface area contributed by atoms with E-state index in [0.717, 1.165) is 6.42 Å². The van der Waals surface area contributed by atoms with Gasteiger partial charge in [-0.1, -0.05) is 0 Å². The first-order valence-electron chi connectivity index (χ1n) is 4.95. The van der Waals surface area contributed by atoms with E-state index in [1.807, 2.05) is 0 Å². The first kappa shape index (κ1) is 12.0. The molecule has 1 rings (SSSR count). The molecule has 5 nitrogen and oxygen atoms in total. The van der Waals surface area contributed by atoms with E-state index in [-0.39, 0.29) is 12.0 Å². The maximum atomic E-state index is 11.9. The fourth-order valence-corrected chi connectivity index (χ4v) is 1.59. The maximum absolute atomic E-state index is 11.9. The SMILES string of the molecule is COC1CCN(C(=O)C(C)(C)C(=O)O)C1. The Balaban J connectivity index is 2.66. The number of likely N-dealkylation sites (tertiary alicyclic amines) is 1. The second kappa shape index (κ2) is 4.18. The number of nitrogens with zero attached hydrogens (tertiary/aromatic N) is 1. The molecule has 0 spiro atoms. The molecule has 0 aromatic rings. The zero-order valence-electron chi connectivity index (χ0n) is 9.32. The van der Waals surface area contributed by atoms with Crippen LogP contribution in [0, 0.1) is 5.41 Å². The van der Waals surface area contributed by atoms with Gasteiger partial charge >= 0.3 is 5.97 Å². The summed E-state index contributed by atoms with van der Waals surface area (Å²) in [6, 6.07) is 0. The summed E-state index contributed by atoms with van der Waals surface area (Å²) >= 11 is 0. The monoisotopic (exact) mass is 215 g/mol. The van der Waals surface area contributed by atoms with Crippen molar-refractivity contribution in [2.45, 2.75) is 26.4 Å². The highest BCUT2D eigenvalue weighted by Crippen LogP contribution is 2.23. The predicted octanol–water partition coefficient (Wildman–Crippen LogP) is 0.344. The topological polar surface area (TPSA) is 66.8 Å². The van der Waals surface area contributed by atoms with Gasteiger partial charge in [-0.25, -0.2) is 0 Å². The Labute approximate surface area is 89.0 Å². The molecule has 1 atom stereocenters. The summed E-state index contributed by atoms with van der Waals surface area (Å²) in [6.07, 6.45) is 0.816. The van der Waals surface area contributed by atoms with E-state index in [1.165, 1.54) is 13.8 Å². The molecule has 15 heavy (non-hydrogen) atoms. The first-order valence-corrected chi connectivity index (χ1v) is 4.95. The third kappa shape index (κ3) is 2.28. The molecular formula is C10H17NO4. The molecule has 1 heterocycles. The van der Waals surface area contributed by atoms with Crippen LogP contribution in [0.1, 0.15) is 20.3 Å². The van der Waals surface area contributed by atoms with Crippen LogP contribution in [0.25, 0.3) is 0 Å². The van der Waals surface area contributed by atoms with E-state index in [2.05, 4.69) is 0 Å². The minimum atomic E-state index is -1.34. The van der Waals surface area contributed by atoms with Crippen LogP contribution in [0.4, 0.5) is 0 Å². The number of hydrogen-bond acceptors (Lipinski definition) is 3. The van der Waals surface area contributed by atoms with Crippen LogP contribution in [-0.4, -0.2) is 48.2 Å². The van der Waals surface area contributed by atoms with Gasteiger partial charge in [0.2, 0.25) is 5.91 Å². The summed E-state index contributed by atoms with van der Waals surface area (Å²) in [7, 11) is 1.60. The van der Waals surface area contributed by atoms with Crippen molar-refractivity contribution in [1.29, 1.82) is 0 Å². The fraction of sp³-hybridized carbons (Fsp3) is 0.800. The minimum Gasteiger partial charge on any atom is -0.480 e. The Morgan fingerprint density at radius 3 is 2.47 bits per heavy atom. The van der Waals surface area contributed by atoms with Crippen molar-refractivity contribution in [3.05, 3.63) is 0 Å². The number of carbonyl (C=O) groups is 2. The summed E-state index contributed by atoms with van der Waals surface area (Å²) in [6.45, 7) is 3.93. The highest BCUT2D eigenvalue weighted by Gasteiger charge is 2.41. The fourth-order valence-electron chi connectivity index (χ4n) is 1.59. The number of carboxylic acid groups (broad SMARTS) is 1. The summed E-state index contributed by atoms with van der Waals surface area (Å²) in [5.41, 5.74) is -1.34. The maximum Gasteiger partial charge on any atom is 0.318 e. The summed E-state index contributed by atoms with van der Waals surface area (Å²) in [5.74, 6) is -1.43. The number of amides is 1. The molecule has 1 N–H and O–H groups in total. The van der Waals surface area contributed by atoms with E-state index in [4.69, 9.17) is 9.84 Å². The Kier molecular flexibility index (Phi) is 3.34. The smallest absolute Gasteiger partial charge is 0.318 e. The van der Waals surface area contributed by atoms with Gasteiger partial charge in [-0.15, -0.1) is 0 Å². The average Bonchev–Trinajstić information content (AvgIpc) is 2.64. The van der Waals surface area contributed by atoms with Crippen molar-refractivity contribution in [2.24, 2.45) is 5.41 Å². The van der Waals surface area contributed by atoms with E-state index in [1.54, 1.807) is 12.0 Å². The lowest BCUT2D eigenvalue weighted by Crippen LogP contribution is -2.44. The van der Waals surface area contributed by atoms with Gasteiger partial charge in [0.05, 0.1) is 6.10 Å². The van der Waals surface area contributed by atoms with E-state index < -0.39 is 11.4 Å². The van der Waals surface area contributed by atoms with Crippen LogP contribution in [0.15, 0.2) is 0 Å². The average molecular weight is 215 g/mol. The molecular weight excluding hydrogens is 198 g/mol. The lowest BCUT2D eigenvalue weighted by molar-refractivity contribution is -0.157. The van der Waals surface area contributed by atoms with Gasteiger partial charge in [0, 0.05) is 20.2 Å². The predicted molar refractivity (Wildman–Crippen MR) is 53.4 cm³/mol. The van der Waals surface area contributed by atoms with Crippen molar-refractivity contribution >= 4 is 11.9 Å². The number of carbonyl (C=O) groups excluding carboxylic acids is 1. The van der Waals surface area contributed by atoms with E-state index >= 15 is 0 Å². The van der Waals surface area contributed by atoms with Crippen LogP contribution in [0.3, 0.4) is 0 Å². The number of rotatable bonds is 3. The third-order valence-corrected chi connectivity index (χ3v) is 2.83. The molecule has 0 bridgehead atoms. The second-order valence-electron chi connectivity index (χ2n) is 4.33. The van der Waals surface area contributed by atoms with Gasteiger partial charge in [-0.05, 0) is 20.3 Å². The molecule has 0 aromatic heterocycles. The molecule has 0 aromatic carbocycles. The Hall–Kier alpha value is -1.10. The standard InChI is InChI=1S/C10H17NO4/c1-10(2,9(13)14)8(12)11-5-4-7(6-11)15-3/h7H,4-6H2,1-3H3,(H,13,14). The van der Waals surface area contributed by atoms with E-state index in [0.29, 0.717) is 13.1 Å². The van der Waals surface area contributed by atoms with Crippen molar-refractivity contribution < 1.29 is 19.4 Å². The van der Waals surface area contributed by atoms with Gasteiger partial charge in [0.1, 0.15) is 5.41 Å². The van der Waals surface area contributed by atoms with Crippen molar-refractivity contribution in [3.8, 4) is 0 Å². The molecule has 0 aliphatic carbocycles. The summed E-state index contributed by atoms with van der Waals surface area (Å²) < 4.78 is 5.12. The van der Waals surface area contributed by atoms with Gasteiger partial charge in [0.15, 0.2) is 0 Å². The lowest BCUT2D eigenvalue weighted by atomic mass is 9.92. The molecule has 5 heteroatoms. The number of methoxy groups -OCH3 is 1. The molecule has 1 amide bonds. The minimum absolute atomic E-state index is 0.0403. The number of carboxylic acids is 1. The Bertz CT molecular complexity index is 275. The molecule has 86 valence electrons. The summed E-state index contributed by atoms with van der Waals surface area (Å²) in [5, 5.41) is 8.92. The first-order chi connectivity index (χ1) is 6.89. The van der Waals surface area contributed by atoms with Crippen LogP contribution in [0.5, 0.6) is 0 Å². The molecule has 0 radical (unpaired) electrons. The van der Waals surface area contributed by atoms with Crippen LogP contribution < -0.4 is 0 Å². The highest BCUT2D eigenvalue weighted by atomic mass is 16.5. The quantitative estimate of drug-likeness (QED) is 0.689. The van der Waals surface area contributed by atoms with Crippen molar-refractivity contribution in [1.82, 2.24) is 4.90 Å². The van der Waals surface area contributed by atoms with Crippen LogP contribution in [0.2, 0.25) is 0 Å². The number of ether oxygens (including phenoxy) is 1. The van der Waals surface area contributed by atoms with Gasteiger partial charge in [-0.2, -0.15) is 0 Å². The third-order valence-electron chi connectivity index (χ3n) is 2.83. The molecule has 1 aliphatic rings. The largest absolute Gasteiger partial charge is 0.480 e. The summed E-state index contributed by atoms with van der Waals surface area (Å²) in [4.78, 5) is 24.3. The van der Waals surface area contributed by atoms with Gasteiger partial charge in [0.25, 0.3) is 0 Å². The zero-order chi connectivity index (χ0) is 11.6. The second-order valence-corrected chi connectivity index (χ2v) is 4.33. The number of hydrogen-bond donors (Lipinski definition) is 1. The lowest BCUT2D eigenvalue weighted by Gasteiger charge is -2.25. The van der Waals surface area contributed by atoms with Crippen LogP contribution >= 0.6 is 0 Å². The molecule has 1 saturated heterocycles. The van der Waals surface area contributed by atoms with Crippen molar-refractivity contribution in [2.75, 3.05) is 20.2 Å². The Morgan fingerprint density at radius 2 is 2.07 bits per heavy atom. The van der Waals surface area contributed by atoms with E-state index in [9.17, 15) is 9.59 Å². The normalized spacial score (nSPS) is 21.8. The van der Waals surface area contributed by atoms with Gasteiger partial charge < -0.3 is 14.7 Å². The molecule has 1 fully saturated rings. The highest BCUT2D eigenvalue weighted by molar-refractivity contribution is 6.01. The molecule has 1 aliphatic heterocycles. The number of aliphatic carboxylic acids is 1. The molecule has 1 unspecified atom stereocenters. The molecule has 0 saturated carbocycles. The van der Waals surface area contributed by atoms with Crippen molar-refractivity contribution in [3.63, 3.8) is 0 Å². The van der Waals surface area contributed by atoms with Gasteiger partial charge in [-0.3, -0.25) is 9.59 Å². The zero-order valence-corrected chi connectivity index (χ0v) is 9.32. The van der Waals surface area contributed by atoms with Crippen LogP contribution in [-0.2, 0) is 14.3 Å². The Morgan fingerprint density at radius 1 is 1.47 bits per heavy atom.